The number of ketones is 1. The van der Waals surface area contributed by atoms with E-state index in [9.17, 15) is 4.79 Å². The van der Waals surface area contributed by atoms with Gasteiger partial charge in [0.15, 0.2) is 12.1 Å². The number of hydrogen-bond acceptors (Lipinski definition) is 5. The van der Waals surface area contributed by atoms with E-state index in [0.29, 0.717) is 22.9 Å². The molecule has 0 aliphatic carbocycles. The van der Waals surface area contributed by atoms with E-state index in [1.54, 1.807) is 18.2 Å². The molecule has 6 heteroatoms. The molecule has 0 saturated carbocycles. The molecule has 21 heavy (non-hydrogen) atoms. The third-order valence-electron chi connectivity index (χ3n) is 3.17. The van der Waals surface area contributed by atoms with Gasteiger partial charge in [-0.15, -0.1) is 0 Å². The van der Waals surface area contributed by atoms with E-state index in [1.165, 1.54) is 0 Å². The van der Waals surface area contributed by atoms with E-state index in [1.807, 2.05) is 0 Å². The second-order valence-corrected chi connectivity index (χ2v) is 5.17. The van der Waals surface area contributed by atoms with Gasteiger partial charge < -0.3 is 19.3 Å². The summed E-state index contributed by atoms with van der Waals surface area (Å²) in [5.41, 5.74) is 0.316. The lowest BCUT2D eigenvalue weighted by Gasteiger charge is -2.22. The molecule has 1 atom stereocenters. The molecule has 1 saturated heterocycles. The van der Waals surface area contributed by atoms with Crippen LogP contribution in [0.25, 0.3) is 0 Å². The van der Waals surface area contributed by atoms with Crippen molar-refractivity contribution >= 4 is 17.4 Å². The normalized spacial score (nSPS) is 18.5. The van der Waals surface area contributed by atoms with Crippen LogP contribution in [0.4, 0.5) is 0 Å². The minimum Gasteiger partial charge on any atom is -0.490 e. The van der Waals surface area contributed by atoms with E-state index in [4.69, 9.17) is 30.9 Å². The first-order valence-corrected chi connectivity index (χ1v) is 7.38. The summed E-state index contributed by atoms with van der Waals surface area (Å²) in [6.45, 7) is 0.815. The van der Waals surface area contributed by atoms with E-state index >= 15 is 0 Å². The van der Waals surface area contributed by atoms with Crippen LogP contribution in [0.3, 0.4) is 0 Å². The first kappa shape index (κ1) is 16.2. The topological polar surface area (TPSA) is 65.0 Å². The lowest BCUT2D eigenvalue weighted by molar-refractivity contribution is -0.165. The number of rotatable bonds is 7. The Kier molecular flexibility index (Phi) is 6.45. The zero-order valence-electron chi connectivity index (χ0n) is 11.7. The van der Waals surface area contributed by atoms with Crippen LogP contribution in [-0.2, 0) is 9.47 Å². The Morgan fingerprint density at radius 3 is 2.95 bits per heavy atom. The molecule has 116 valence electrons. The van der Waals surface area contributed by atoms with Gasteiger partial charge in [-0.3, -0.25) is 4.79 Å². The van der Waals surface area contributed by atoms with Gasteiger partial charge in [0.25, 0.3) is 0 Å². The molecule has 0 aromatic heterocycles. The minimum absolute atomic E-state index is 0.166. The summed E-state index contributed by atoms with van der Waals surface area (Å²) >= 11 is 5.89. The molecule has 0 spiro atoms. The number of ether oxygens (including phenoxy) is 3. The first-order valence-electron chi connectivity index (χ1n) is 7.00. The zero-order chi connectivity index (χ0) is 15.1. The molecule has 1 aliphatic heterocycles. The average Bonchev–Trinajstić information content (AvgIpc) is 2.52. The maximum absolute atomic E-state index is 11.6. The van der Waals surface area contributed by atoms with Gasteiger partial charge in [0.2, 0.25) is 0 Å². The molecule has 1 fully saturated rings. The van der Waals surface area contributed by atoms with Crippen LogP contribution in [-0.4, -0.2) is 43.6 Å². The van der Waals surface area contributed by atoms with Crippen molar-refractivity contribution in [3.05, 3.63) is 28.8 Å². The van der Waals surface area contributed by atoms with Crippen molar-refractivity contribution in [2.75, 3.05) is 26.4 Å². The molecular weight excluding hydrogens is 296 g/mol. The highest BCUT2D eigenvalue weighted by Gasteiger charge is 2.15. The van der Waals surface area contributed by atoms with Gasteiger partial charge in [-0.1, -0.05) is 11.6 Å². The Hall–Kier alpha value is -1.14. The van der Waals surface area contributed by atoms with Crippen molar-refractivity contribution in [3.8, 4) is 5.75 Å². The Morgan fingerprint density at radius 2 is 2.24 bits per heavy atom. The fourth-order valence-corrected chi connectivity index (χ4v) is 2.27. The van der Waals surface area contributed by atoms with Crippen molar-refractivity contribution in [2.45, 2.75) is 25.6 Å². The largest absolute Gasteiger partial charge is 0.490 e. The second-order valence-electron chi connectivity index (χ2n) is 4.74. The minimum atomic E-state index is -0.565. The predicted octanol–water partition coefficient (Wildman–Crippen LogP) is 2.44. The molecule has 1 N–H and O–H groups in total. The number of hydrogen-bond donors (Lipinski definition) is 1. The lowest BCUT2D eigenvalue weighted by atomic mass is 10.1. The highest BCUT2D eigenvalue weighted by atomic mass is 35.5. The molecule has 1 aromatic rings. The van der Waals surface area contributed by atoms with Crippen LogP contribution in [0.2, 0.25) is 5.02 Å². The van der Waals surface area contributed by atoms with Crippen molar-refractivity contribution in [2.24, 2.45) is 0 Å². The molecular formula is C15H19ClO5. The summed E-state index contributed by atoms with van der Waals surface area (Å²) in [4.78, 5) is 11.6. The van der Waals surface area contributed by atoms with E-state index in [-0.39, 0.29) is 12.9 Å². The zero-order valence-corrected chi connectivity index (χ0v) is 12.5. The summed E-state index contributed by atoms with van der Waals surface area (Å²) < 4.78 is 16.5. The van der Waals surface area contributed by atoms with Gasteiger partial charge in [-0.05, 0) is 37.5 Å². The Morgan fingerprint density at radius 1 is 1.38 bits per heavy atom. The lowest BCUT2D eigenvalue weighted by Crippen LogP contribution is -2.24. The highest BCUT2D eigenvalue weighted by Crippen LogP contribution is 2.24. The van der Waals surface area contributed by atoms with Gasteiger partial charge in [0, 0.05) is 11.6 Å². The molecule has 0 amide bonds. The van der Waals surface area contributed by atoms with Crippen LogP contribution in [0.15, 0.2) is 18.2 Å². The Bertz CT molecular complexity index is 471. The number of aliphatic hydroxyl groups excluding tert-OH is 1. The SMILES string of the molecule is O=C(CO)c1ccc(Cl)cc1OCCOC1CCCCO1. The number of carbonyl (C=O) groups is 1. The fraction of sp³-hybridized carbons (Fsp3) is 0.533. The third kappa shape index (κ3) is 4.97. The number of benzene rings is 1. The predicted molar refractivity (Wildman–Crippen MR) is 77.9 cm³/mol. The number of halogens is 1. The maximum Gasteiger partial charge on any atom is 0.191 e. The Balaban J connectivity index is 1.84. The molecule has 5 nitrogen and oxygen atoms in total. The maximum atomic E-state index is 11.6. The molecule has 2 rings (SSSR count). The standard InChI is InChI=1S/C15H19ClO5/c16-11-4-5-12(13(18)10-17)14(9-11)19-7-8-21-15-3-1-2-6-20-15/h4-5,9,15,17H,1-3,6-8,10H2. The summed E-state index contributed by atoms with van der Waals surface area (Å²) in [6, 6.07) is 4.69. The molecule has 1 aliphatic rings. The van der Waals surface area contributed by atoms with Gasteiger partial charge in [0.1, 0.15) is 19.0 Å². The Labute approximate surface area is 128 Å². The summed E-state index contributed by atoms with van der Waals surface area (Å²) in [6.07, 6.45) is 2.91. The number of Topliss-reactive ketones (excluding diaryl/α,β-unsaturated/α-hetero) is 1. The van der Waals surface area contributed by atoms with Crippen LogP contribution < -0.4 is 4.74 Å². The van der Waals surface area contributed by atoms with Gasteiger partial charge in [-0.25, -0.2) is 0 Å². The molecule has 1 unspecified atom stereocenters. The van der Waals surface area contributed by atoms with Gasteiger partial charge in [0.05, 0.1) is 12.2 Å². The smallest absolute Gasteiger partial charge is 0.191 e. The highest BCUT2D eigenvalue weighted by molar-refractivity contribution is 6.30. The molecule has 0 bridgehead atoms. The van der Waals surface area contributed by atoms with Crippen molar-refractivity contribution in [3.63, 3.8) is 0 Å². The number of aliphatic hydroxyl groups is 1. The quantitative estimate of drug-likeness (QED) is 0.618. The van der Waals surface area contributed by atoms with Gasteiger partial charge >= 0.3 is 0 Å². The molecule has 0 radical (unpaired) electrons. The fourth-order valence-electron chi connectivity index (χ4n) is 2.10. The van der Waals surface area contributed by atoms with E-state index in [2.05, 4.69) is 0 Å². The monoisotopic (exact) mass is 314 g/mol. The van der Waals surface area contributed by atoms with Crippen molar-refractivity contribution in [1.82, 2.24) is 0 Å². The number of carbonyl (C=O) groups excluding carboxylic acids is 1. The third-order valence-corrected chi connectivity index (χ3v) is 3.41. The van der Waals surface area contributed by atoms with E-state index < -0.39 is 12.4 Å². The summed E-state index contributed by atoms with van der Waals surface area (Å²) in [7, 11) is 0. The summed E-state index contributed by atoms with van der Waals surface area (Å²) in [5.74, 6) is -0.0482. The van der Waals surface area contributed by atoms with Crippen molar-refractivity contribution < 1.29 is 24.1 Å². The summed E-state index contributed by atoms with van der Waals surface area (Å²) in [5, 5.41) is 9.41. The average molecular weight is 315 g/mol. The van der Waals surface area contributed by atoms with Crippen LogP contribution in [0.5, 0.6) is 5.75 Å². The molecule has 1 aromatic carbocycles. The van der Waals surface area contributed by atoms with Crippen molar-refractivity contribution in [1.29, 1.82) is 0 Å². The second kappa shape index (κ2) is 8.34. The van der Waals surface area contributed by atoms with Gasteiger partial charge in [-0.2, -0.15) is 0 Å². The van der Waals surface area contributed by atoms with E-state index in [0.717, 1.165) is 25.9 Å². The van der Waals surface area contributed by atoms with Crippen LogP contribution in [0.1, 0.15) is 29.6 Å². The van der Waals surface area contributed by atoms with Crippen LogP contribution >= 0.6 is 11.6 Å². The molecule has 1 heterocycles. The first-order chi connectivity index (χ1) is 10.2. The van der Waals surface area contributed by atoms with Crippen LogP contribution in [0, 0.1) is 0 Å².